The van der Waals surface area contributed by atoms with Gasteiger partial charge in [-0.15, -0.1) is 0 Å². The molecule has 0 heterocycles. The first-order valence-electron chi connectivity index (χ1n) is 6.69. The van der Waals surface area contributed by atoms with Crippen LogP contribution < -0.4 is 4.74 Å². The number of hydrogen-bond acceptors (Lipinski definition) is 3. The van der Waals surface area contributed by atoms with E-state index in [0.29, 0.717) is 6.61 Å². The highest BCUT2D eigenvalue weighted by Crippen LogP contribution is 2.39. The number of benzene rings is 1. The molecule has 3 heteroatoms. The minimum absolute atomic E-state index is 0.107. The second-order valence-corrected chi connectivity index (χ2v) is 4.85. The summed E-state index contributed by atoms with van der Waals surface area (Å²) in [5.74, 6) is 0.842. The van der Waals surface area contributed by atoms with E-state index in [1.165, 1.54) is 0 Å². The molecule has 1 aromatic carbocycles. The van der Waals surface area contributed by atoms with Crippen LogP contribution in [0.3, 0.4) is 0 Å². The van der Waals surface area contributed by atoms with Crippen LogP contribution in [0.4, 0.5) is 0 Å². The van der Waals surface area contributed by atoms with E-state index in [1.807, 2.05) is 31.2 Å². The van der Waals surface area contributed by atoms with Crippen molar-refractivity contribution in [3.8, 4) is 5.75 Å². The van der Waals surface area contributed by atoms with Crippen molar-refractivity contribution in [3.63, 3.8) is 0 Å². The monoisotopic (exact) mass is 250 g/mol. The van der Waals surface area contributed by atoms with Gasteiger partial charge in [-0.05, 0) is 37.5 Å². The van der Waals surface area contributed by atoms with E-state index < -0.39 is 5.60 Å². The number of rotatable bonds is 4. The number of methoxy groups -OCH3 is 1. The smallest absolute Gasteiger partial charge is 0.119 e. The lowest BCUT2D eigenvalue weighted by Gasteiger charge is -2.39. The van der Waals surface area contributed by atoms with Crippen LogP contribution in [0.5, 0.6) is 5.75 Å². The average molecular weight is 250 g/mol. The summed E-state index contributed by atoms with van der Waals surface area (Å²) < 4.78 is 10.9. The predicted octanol–water partition coefficient (Wildman–Crippen LogP) is 2.86. The largest absolute Gasteiger partial charge is 0.494 e. The highest BCUT2D eigenvalue weighted by molar-refractivity contribution is 5.32. The molecule has 3 nitrogen and oxygen atoms in total. The summed E-state index contributed by atoms with van der Waals surface area (Å²) in [5.41, 5.74) is 0.0788. The molecule has 1 saturated carbocycles. The molecule has 0 amide bonds. The summed E-state index contributed by atoms with van der Waals surface area (Å²) in [6, 6.07) is 7.72. The third-order valence-electron chi connectivity index (χ3n) is 3.76. The Bertz CT molecular complexity index is 374. The molecular weight excluding hydrogens is 228 g/mol. The fraction of sp³-hybridized carbons (Fsp3) is 0.600. The molecule has 2 rings (SSSR count). The van der Waals surface area contributed by atoms with E-state index in [-0.39, 0.29) is 6.10 Å². The van der Waals surface area contributed by atoms with E-state index in [9.17, 15) is 5.11 Å². The van der Waals surface area contributed by atoms with E-state index in [4.69, 9.17) is 9.47 Å². The summed E-state index contributed by atoms with van der Waals surface area (Å²) in [7, 11) is 1.68. The van der Waals surface area contributed by atoms with Crippen LogP contribution in [0.2, 0.25) is 0 Å². The molecule has 1 N–H and O–H groups in total. The molecule has 2 atom stereocenters. The zero-order valence-electron chi connectivity index (χ0n) is 11.2. The Balaban J connectivity index is 2.22. The van der Waals surface area contributed by atoms with E-state index in [1.54, 1.807) is 7.11 Å². The lowest BCUT2D eigenvalue weighted by molar-refractivity contribution is -0.122. The third-order valence-corrected chi connectivity index (χ3v) is 3.76. The maximum absolute atomic E-state index is 10.9. The van der Waals surface area contributed by atoms with Crippen LogP contribution in [-0.2, 0) is 10.3 Å². The van der Waals surface area contributed by atoms with Gasteiger partial charge in [0.15, 0.2) is 0 Å². The first kappa shape index (κ1) is 13.4. The summed E-state index contributed by atoms with van der Waals surface area (Å²) in [4.78, 5) is 0. The fourth-order valence-electron chi connectivity index (χ4n) is 2.77. The van der Waals surface area contributed by atoms with Gasteiger partial charge in [0.2, 0.25) is 0 Å². The second-order valence-electron chi connectivity index (χ2n) is 4.85. The molecule has 0 aromatic heterocycles. The fourth-order valence-corrected chi connectivity index (χ4v) is 2.77. The topological polar surface area (TPSA) is 38.7 Å². The lowest BCUT2D eigenvalue weighted by atomic mass is 9.77. The molecule has 18 heavy (non-hydrogen) atoms. The van der Waals surface area contributed by atoms with Gasteiger partial charge in [-0.1, -0.05) is 25.0 Å². The van der Waals surface area contributed by atoms with Gasteiger partial charge in [0.05, 0.1) is 12.7 Å². The Morgan fingerprint density at radius 2 is 2.00 bits per heavy atom. The van der Waals surface area contributed by atoms with Gasteiger partial charge >= 0.3 is 0 Å². The lowest BCUT2D eigenvalue weighted by Crippen LogP contribution is -2.43. The maximum Gasteiger partial charge on any atom is 0.119 e. The molecule has 1 fully saturated rings. The van der Waals surface area contributed by atoms with Crippen molar-refractivity contribution < 1.29 is 14.6 Å². The van der Waals surface area contributed by atoms with E-state index in [2.05, 4.69) is 0 Å². The Kier molecular flexibility index (Phi) is 4.25. The van der Waals surface area contributed by atoms with Gasteiger partial charge in [0, 0.05) is 7.11 Å². The molecule has 0 bridgehead atoms. The van der Waals surface area contributed by atoms with Crippen LogP contribution in [0.1, 0.15) is 38.2 Å². The van der Waals surface area contributed by atoms with Gasteiger partial charge in [-0.25, -0.2) is 0 Å². The van der Waals surface area contributed by atoms with Crippen LogP contribution in [-0.4, -0.2) is 24.9 Å². The average Bonchev–Trinajstić information content (AvgIpc) is 2.40. The summed E-state index contributed by atoms with van der Waals surface area (Å²) in [6.07, 6.45) is 3.74. The van der Waals surface area contributed by atoms with Crippen molar-refractivity contribution in [2.45, 2.75) is 44.3 Å². The highest BCUT2D eigenvalue weighted by atomic mass is 16.5. The molecule has 0 radical (unpaired) electrons. The van der Waals surface area contributed by atoms with Crippen molar-refractivity contribution in [2.75, 3.05) is 13.7 Å². The highest BCUT2D eigenvalue weighted by Gasteiger charge is 2.40. The Labute approximate surface area is 109 Å². The van der Waals surface area contributed by atoms with Crippen molar-refractivity contribution in [3.05, 3.63) is 29.8 Å². The molecule has 100 valence electrons. The molecule has 0 spiro atoms. The molecule has 0 saturated heterocycles. The van der Waals surface area contributed by atoms with Crippen molar-refractivity contribution >= 4 is 0 Å². The zero-order valence-corrected chi connectivity index (χ0v) is 11.2. The standard InChI is InChI=1S/C15H22O3/c1-3-18-13-9-7-12(8-10-13)15(16)11-5-4-6-14(15)17-2/h7-10,14,16H,3-6,11H2,1-2H3. The maximum atomic E-state index is 10.9. The minimum atomic E-state index is -0.849. The van der Waals surface area contributed by atoms with E-state index >= 15 is 0 Å². The van der Waals surface area contributed by atoms with Gasteiger partial charge < -0.3 is 14.6 Å². The summed E-state index contributed by atoms with van der Waals surface area (Å²) >= 11 is 0. The zero-order chi connectivity index (χ0) is 13.0. The van der Waals surface area contributed by atoms with Gasteiger partial charge in [0.25, 0.3) is 0 Å². The van der Waals surface area contributed by atoms with Gasteiger partial charge in [0.1, 0.15) is 11.4 Å². The van der Waals surface area contributed by atoms with Crippen LogP contribution >= 0.6 is 0 Å². The Morgan fingerprint density at radius 1 is 1.28 bits per heavy atom. The van der Waals surface area contributed by atoms with Gasteiger partial charge in [-0.2, -0.15) is 0 Å². The molecular formula is C15H22O3. The first-order chi connectivity index (χ1) is 8.70. The third kappa shape index (κ3) is 2.52. The van der Waals surface area contributed by atoms with Crippen molar-refractivity contribution in [1.82, 2.24) is 0 Å². The summed E-state index contributed by atoms with van der Waals surface area (Å²) in [5, 5.41) is 10.9. The summed E-state index contributed by atoms with van der Waals surface area (Å²) in [6.45, 7) is 2.62. The van der Waals surface area contributed by atoms with E-state index in [0.717, 1.165) is 37.0 Å². The second kappa shape index (κ2) is 5.72. The number of hydrogen-bond donors (Lipinski definition) is 1. The normalized spacial score (nSPS) is 28.1. The Morgan fingerprint density at radius 3 is 2.61 bits per heavy atom. The Hall–Kier alpha value is -1.06. The van der Waals surface area contributed by atoms with Crippen molar-refractivity contribution in [2.24, 2.45) is 0 Å². The van der Waals surface area contributed by atoms with Crippen LogP contribution in [0.15, 0.2) is 24.3 Å². The molecule has 1 aliphatic carbocycles. The molecule has 1 aliphatic rings. The van der Waals surface area contributed by atoms with Crippen LogP contribution in [0, 0.1) is 0 Å². The quantitative estimate of drug-likeness (QED) is 0.893. The predicted molar refractivity (Wildman–Crippen MR) is 70.8 cm³/mol. The molecule has 1 aromatic rings. The van der Waals surface area contributed by atoms with Crippen LogP contribution in [0.25, 0.3) is 0 Å². The SMILES string of the molecule is CCOc1ccc(C2(O)CCCCC2OC)cc1. The molecule has 0 aliphatic heterocycles. The minimum Gasteiger partial charge on any atom is -0.494 e. The van der Waals surface area contributed by atoms with Crippen molar-refractivity contribution in [1.29, 1.82) is 0 Å². The number of aliphatic hydroxyl groups is 1. The first-order valence-corrected chi connectivity index (χ1v) is 6.69. The number of ether oxygens (including phenoxy) is 2. The molecule has 2 unspecified atom stereocenters. The van der Waals surface area contributed by atoms with Gasteiger partial charge in [-0.3, -0.25) is 0 Å².